The Morgan fingerprint density at radius 2 is 0.945 bits per heavy atom. The van der Waals surface area contributed by atoms with Gasteiger partial charge < -0.3 is 13.7 Å². The van der Waals surface area contributed by atoms with Crippen LogP contribution in [0.2, 0.25) is 0 Å². The van der Waals surface area contributed by atoms with E-state index in [1.54, 1.807) is 0 Å². The Labute approximate surface area is 318 Å². The summed E-state index contributed by atoms with van der Waals surface area (Å²) in [6.45, 7) is 0.0113. The molecule has 0 aliphatic carbocycles. The number of rotatable bonds is 3. The molecule has 6 heterocycles. The van der Waals surface area contributed by atoms with Gasteiger partial charge in [-0.3, -0.25) is 0 Å². The minimum atomic E-state index is -2.82. The van der Waals surface area contributed by atoms with Crippen LogP contribution in [0.15, 0.2) is 182 Å². The van der Waals surface area contributed by atoms with Crippen LogP contribution in [0, 0.1) is 0 Å². The highest BCUT2D eigenvalue weighted by Gasteiger charge is 2.52. The van der Waals surface area contributed by atoms with Gasteiger partial charge in [0.15, 0.2) is 8.07 Å². The molecule has 0 spiro atoms. The van der Waals surface area contributed by atoms with E-state index in [4.69, 9.17) is 0 Å². The van der Waals surface area contributed by atoms with E-state index in [1.165, 1.54) is 109 Å². The lowest BCUT2D eigenvalue weighted by Gasteiger charge is -2.43. The lowest BCUT2D eigenvalue weighted by molar-refractivity contribution is 1.13. The SMILES string of the molecule is c1ccc(-n2c3c(c4ccccc42)-n2c4ccccc4c4cc5c6cccc7c6n6c5c(c42)B3c2cccc(c2-6)[Si]7(c2ccccc2)c2ccccc2)cc1. The van der Waals surface area contributed by atoms with E-state index in [2.05, 4.69) is 196 Å². The van der Waals surface area contributed by atoms with Gasteiger partial charge in [0.1, 0.15) is 0 Å². The quantitative estimate of drug-likeness (QED) is 0.182. The van der Waals surface area contributed by atoms with E-state index in [-0.39, 0.29) is 6.71 Å². The fourth-order valence-corrected chi connectivity index (χ4v) is 16.6. The molecule has 252 valence electrons. The molecule has 3 aliphatic rings. The van der Waals surface area contributed by atoms with Gasteiger partial charge in [-0.1, -0.05) is 152 Å². The van der Waals surface area contributed by atoms with Crippen LogP contribution >= 0.6 is 0 Å². The maximum atomic E-state index is 2.72. The molecule has 0 unspecified atom stereocenters. The Hall–Kier alpha value is -6.82. The predicted octanol–water partition coefficient (Wildman–Crippen LogP) is 6.66. The fourth-order valence-electron chi connectivity index (χ4n) is 11.4. The van der Waals surface area contributed by atoms with Crippen molar-refractivity contribution in [1.29, 1.82) is 0 Å². The van der Waals surface area contributed by atoms with Gasteiger partial charge in [-0.15, -0.1) is 0 Å². The molecule has 3 nitrogen and oxygen atoms in total. The lowest BCUT2D eigenvalue weighted by Crippen LogP contribution is -2.78. The number of benzene rings is 8. The van der Waals surface area contributed by atoms with Gasteiger partial charge in [0.05, 0.1) is 33.3 Å². The van der Waals surface area contributed by atoms with Crippen LogP contribution in [0.4, 0.5) is 0 Å². The van der Waals surface area contributed by atoms with Crippen molar-refractivity contribution in [1.82, 2.24) is 13.7 Å². The number of nitrogens with zero attached hydrogens (tertiary/aromatic N) is 3. The molecule has 14 rings (SSSR count). The largest absolute Gasteiger partial charge is 0.319 e. The van der Waals surface area contributed by atoms with E-state index in [0.717, 1.165) is 0 Å². The van der Waals surface area contributed by atoms with Crippen LogP contribution in [0.3, 0.4) is 0 Å². The predicted molar refractivity (Wildman–Crippen MR) is 234 cm³/mol. The second-order valence-corrected chi connectivity index (χ2v) is 19.3. The Balaban J connectivity index is 1.29. The van der Waals surface area contributed by atoms with Crippen LogP contribution in [0.25, 0.3) is 71.6 Å². The van der Waals surface area contributed by atoms with Gasteiger partial charge in [0.2, 0.25) is 0 Å². The third-order valence-electron chi connectivity index (χ3n) is 13.2. The van der Waals surface area contributed by atoms with Crippen molar-refractivity contribution in [2.24, 2.45) is 0 Å². The van der Waals surface area contributed by atoms with Crippen LogP contribution in [-0.2, 0) is 0 Å². The summed E-state index contributed by atoms with van der Waals surface area (Å²) in [5, 5.41) is 12.4. The minimum absolute atomic E-state index is 0.0113. The van der Waals surface area contributed by atoms with E-state index < -0.39 is 8.07 Å². The average molecular weight is 712 g/mol. The summed E-state index contributed by atoms with van der Waals surface area (Å²) in [5.41, 5.74) is 14.6. The van der Waals surface area contributed by atoms with Gasteiger partial charge >= 0.3 is 0 Å². The highest BCUT2D eigenvalue weighted by Crippen LogP contribution is 2.44. The highest BCUT2D eigenvalue weighted by atomic mass is 28.3. The number of para-hydroxylation sites is 5. The Bertz CT molecular complexity index is 3450. The molecular formula is C50H30BN3Si. The molecule has 0 atom stereocenters. The van der Waals surface area contributed by atoms with E-state index in [0.29, 0.717) is 0 Å². The Morgan fingerprint density at radius 1 is 0.382 bits per heavy atom. The third-order valence-corrected chi connectivity index (χ3v) is 18.1. The van der Waals surface area contributed by atoms with Crippen molar-refractivity contribution < 1.29 is 0 Å². The molecule has 11 aromatic rings. The third kappa shape index (κ3) is 3.14. The van der Waals surface area contributed by atoms with Crippen molar-refractivity contribution in [3.63, 3.8) is 0 Å². The first kappa shape index (κ1) is 28.7. The number of hydrogen-bond donors (Lipinski definition) is 0. The second-order valence-electron chi connectivity index (χ2n) is 15.6. The van der Waals surface area contributed by atoms with Gasteiger partial charge in [-0.05, 0) is 62.0 Å². The monoisotopic (exact) mass is 711 g/mol. The number of aromatic nitrogens is 3. The zero-order chi connectivity index (χ0) is 35.6. The fraction of sp³-hybridized carbons (Fsp3) is 0. The summed E-state index contributed by atoms with van der Waals surface area (Å²) in [6.07, 6.45) is 0. The van der Waals surface area contributed by atoms with E-state index in [1.807, 2.05) is 0 Å². The minimum Gasteiger partial charge on any atom is -0.319 e. The molecule has 0 saturated carbocycles. The number of fused-ring (bicyclic) bond motifs is 10. The molecule has 55 heavy (non-hydrogen) atoms. The average Bonchev–Trinajstić information content (AvgIpc) is 3.90. The molecule has 0 saturated heterocycles. The van der Waals surface area contributed by atoms with Gasteiger partial charge in [0, 0.05) is 43.9 Å². The van der Waals surface area contributed by atoms with E-state index in [9.17, 15) is 0 Å². The van der Waals surface area contributed by atoms with Crippen molar-refractivity contribution in [3.05, 3.63) is 182 Å². The number of hydrogen-bond acceptors (Lipinski definition) is 0. The Morgan fingerprint density at radius 3 is 1.69 bits per heavy atom. The standard InChI is InChI=1S/C50H30BN3Si/c1-4-16-31(17-5-1)52-41-27-13-11-23-36(41)48-50(52)51-39-25-15-29-43-49(39)54-45-35(38-30-37-34-22-10-12-26-40(34)53(48)46(37)44(51)47(38)54)24-14-28-42(45)55(43,32-18-6-2-7-19-32)33-20-8-3-9-21-33/h1-30H. The molecule has 0 bridgehead atoms. The van der Waals surface area contributed by atoms with Gasteiger partial charge in [-0.2, -0.15) is 0 Å². The maximum Gasteiger partial charge on any atom is 0.273 e. The summed E-state index contributed by atoms with van der Waals surface area (Å²) < 4.78 is 7.93. The smallest absolute Gasteiger partial charge is 0.273 e. The molecule has 0 amide bonds. The highest BCUT2D eigenvalue weighted by molar-refractivity contribution is 7.22. The summed E-state index contributed by atoms with van der Waals surface area (Å²) in [7, 11) is -2.82. The lowest BCUT2D eigenvalue weighted by atomic mass is 9.35. The zero-order valence-corrected chi connectivity index (χ0v) is 30.7. The van der Waals surface area contributed by atoms with Crippen LogP contribution < -0.4 is 37.3 Å². The van der Waals surface area contributed by atoms with Gasteiger partial charge in [0.25, 0.3) is 6.71 Å². The first-order valence-electron chi connectivity index (χ1n) is 19.3. The van der Waals surface area contributed by atoms with Crippen molar-refractivity contribution in [2.45, 2.75) is 0 Å². The van der Waals surface area contributed by atoms with E-state index >= 15 is 0 Å². The van der Waals surface area contributed by atoms with Gasteiger partial charge in [-0.25, -0.2) is 0 Å². The molecule has 3 aromatic heterocycles. The first-order valence-corrected chi connectivity index (χ1v) is 21.3. The molecule has 3 aliphatic heterocycles. The maximum absolute atomic E-state index is 2.82. The molecular weight excluding hydrogens is 681 g/mol. The normalized spacial score (nSPS) is 14.3. The summed E-state index contributed by atoms with van der Waals surface area (Å²) in [6, 6.07) is 69.2. The molecule has 0 N–H and O–H groups in total. The summed E-state index contributed by atoms with van der Waals surface area (Å²) in [5.74, 6) is 0. The van der Waals surface area contributed by atoms with Crippen LogP contribution in [-0.4, -0.2) is 28.5 Å². The van der Waals surface area contributed by atoms with Crippen molar-refractivity contribution in [3.8, 4) is 17.1 Å². The molecule has 0 radical (unpaired) electrons. The molecule has 5 heteroatoms. The van der Waals surface area contributed by atoms with Crippen LogP contribution in [0.5, 0.6) is 0 Å². The second kappa shape index (κ2) is 9.83. The summed E-state index contributed by atoms with van der Waals surface area (Å²) >= 11 is 0. The Kier molecular flexibility index (Phi) is 5.12. The molecule has 0 fully saturated rings. The van der Waals surface area contributed by atoms with Crippen molar-refractivity contribution in [2.75, 3.05) is 0 Å². The topological polar surface area (TPSA) is 14.8 Å². The molecule has 8 aromatic carbocycles. The van der Waals surface area contributed by atoms with Crippen LogP contribution in [0.1, 0.15) is 0 Å². The van der Waals surface area contributed by atoms with Crippen molar-refractivity contribution >= 4 is 107 Å². The zero-order valence-electron chi connectivity index (χ0n) is 29.7. The summed E-state index contributed by atoms with van der Waals surface area (Å²) in [4.78, 5) is 0. The first-order chi connectivity index (χ1) is 27.4.